The van der Waals surface area contributed by atoms with Gasteiger partial charge in [-0.25, -0.2) is 4.79 Å². The summed E-state index contributed by atoms with van der Waals surface area (Å²) in [6.07, 6.45) is -9.12. The third kappa shape index (κ3) is 3.25. The Labute approximate surface area is 195 Å². The molecule has 0 spiro atoms. The van der Waals surface area contributed by atoms with Crippen molar-refractivity contribution in [2.45, 2.75) is 37.4 Å². The molecule has 0 bridgehead atoms. The highest BCUT2D eigenvalue weighted by atomic mass is 16.5. The first-order valence-corrected chi connectivity index (χ1v) is 10.2. The summed E-state index contributed by atoms with van der Waals surface area (Å²) in [7, 11) is 0. The second-order valence-corrected chi connectivity index (χ2v) is 8.24. The van der Waals surface area contributed by atoms with E-state index in [1.165, 1.54) is 0 Å². The maximum absolute atomic E-state index is 13.4. The minimum atomic E-state index is -2.03. The molecule has 0 amide bonds. The summed E-state index contributed by atoms with van der Waals surface area (Å²) in [6, 6.07) is 0.716. The molecule has 0 saturated carbocycles. The molecule has 35 heavy (non-hydrogen) atoms. The van der Waals surface area contributed by atoms with Crippen LogP contribution in [0.5, 0.6) is 23.0 Å². The van der Waals surface area contributed by atoms with Crippen LogP contribution in [0.15, 0.2) is 6.07 Å². The van der Waals surface area contributed by atoms with Gasteiger partial charge in [-0.05, 0) is 18.6 Å². The zero-order valence-electron chi connectivity index (χ0n) is 17.8. The Bertz CT molecular complexity index is 1300. The Morgan fingerprint density at radius 2 is 1.49 bits per heavy atom. The number of carbonyl (C=O) groups is 3. The lowest BCUT2D eigenvalue weighted by molar-refractivity contribution is -0.232. The fourth-order valence-corrected chi connectivity index (χ4v) is 4.58. The maximum atomic E-state index is 13.4. The number of phenols is 4. The Morgan fingerprint density at radius 1 is 0.886 bits per heavy atom. The van der Waals surface area contributed by atoms with Crippen LogP contribution < -0.4 is 0 Å². The number of aromatic hydroxyl groups is 4. The van der Waals surface area contributed by atoms with E-state index in [0.717, 1.165) is 6.92 Å². The number of aromatic carboxylic acids is 1. The van der Waals surface area contributed by atoms with Gasteiger partial charge in [0.15, 0.2) is 23.1 Å². The predicted molar refractivity (Wildman–Crippen MR) is 111 cm³/mol. The summed E-state index contributed by atoms with van der Waals surface area (Å²) in [4.78, 5) is 38.1. The first kappa shape index (κ1) is 24.4. The lowest BCUT2D eigenvalue weighted by Gasteiger charge is -2.40. The number of ether oxygens (including phenoxy) is 1. The number of carboxylic acid groups (broad SMARTS) is 1. The second kappa shape index (κ2) is 8.18. The van der Waals surface area contributed by atoms with E-state index in [0.29, 0.717) is 6.07 Å². The number of aliphatic hydroxyl groups is 4. The van der Waals surface area contributed by atoms with Gasteiger partial charge in [0.2, 0.25) is 0 Å². The Balaban J connectivity index is 1.99. The highest BCUT2D eigenvalue weighted by Gasteiger charge is 2.48. The van der Waals surface area contributed by atoms with Crippen molar-refractivity contribution in [1.29, 1.82) is 0 Å². The largest absolute Gasteiger partial charge is 0.507 e. The molecule has 9 N–H and O–H groups in total. The summed E-state index contributed by atoms with van der Waals surface area (Å²) >= 11 is 0. The van der Waals surface area contributed by atoms with E-state index in [-0.39, 0.29) is 5.56 Å². The van der Waals surface area contributed by atoms with Gasteiger partial charge in [0.1, 0.15) is 47.6 Å². The molecule has 186 valence electrons. The second-order valence-electron chi connectivity index (χ2n) is 8.24. The third-order valence-electron chi connectivity index (χ3n) is 6.33. The van der Waals surface area contributed by atoms with E-state index in [4.69, 9.17) is 4.74 Å². The zero-order chi connectivity index (χ0) is 26.1. The van der Waals surface area contributed by atoms with Gasteiger partial charge < -0.3 is 50.7 Å². The van der Waals surface area contributed by atoms with Crippen molar-refractivity contribution in [3.05, 3.63) is 45.0 Å². The smallest absolute Gasteiger partial charge is 0.339 e. The van der Waals surface area contributed by atoms with Crippen LogP contribution in [0, 0.1) is 6.92 Å². The minimum absolute atomic E-state index is 0.308. The van der Waals surface area contributed by atoms with Crippen molar-refractivity contribution in [2.24, 2.45) is 0 Å². The van der Waals surface area contributed by atoms with E-state index in [1.807, 2.05) is 0 Å². The molecule has 1 saturated heterocycles. The molecule has 1 heterocycles. The van der Waals surface area contributed by atoms with Crippen molar-refractivity contribution in [2.75, 3.05) is 6.61 Å². The van der Waals surface area contributed by atoms with Crippen LogP contribution in [-0.4, -0.2) is 94.5 Å². The van der Waals surface area contributed by atoms with Crippen molar-refractivity contribution in [1.82, 2.24) is 0 Å². The van der Waals surface area contributed by atoms with Crippen LogP contribution in [0.25, 0.3) is 0 Å². The SMILES string of the molecule is Cc1c(C(=O)O)c(O)cc2c1C(=O)c1c(O)c([C@H]3O[C@@H](CO)[C@@H](O)[C@@H](O)[C@H]3O)c(O)c(O)c1C2=O. The van der Waals surface area contributed by atoms with Crippen molar-refractivity contribution >= 4 is 17.5 Å². The van der Waals surface area contributed by atoms with Crippen LogP contribution in [-0.2, 0) is 4.74 Å². The van der Waals surface area contributed by atoms with Gasteiger partial charge in [-0.3, -0.25) is 9.59 Å². The molecule has 2 aromatic rings. The van der Waals surface area contributed by atoms with E-state index in [1.54, 1.807) is 0 Å². The number of hydrogen-bond donors (Lipinski definition) is 9. The molecular weight excluding hydrogens is 472 g/mol. The number of carboxylic acids is 1. The minimum Gasteiger partial charge on any atom is -0.507 e. The first-order chi connectivity index (χ1) is 16.3. The van der Waals surface area contributed by atoms with E-state index in [9.17, 15) is 60.3 Å². The highest BCUT2D eigenvalue weighted by molar-refractivity contribution is 6.31. The fraction of sp³-hybridized carbons (Fsp3) is 0.318. The molecule has 4 rings (SSSR count). The van der Waals surface area contributed by atoms with Crippen molar-refractivity contribution < 1.29 is 65.1 Å². The molecule has 13 nitrogen and oxygen atoms in total. The van der Waals surface area contributed by atoms with Crippen LogP contribution in [0.3, 0.4) is 0 Å². The van der Waals surface area contributed by atoms with Crippen LogP contribution in [0.4, 0.5) is 0 Å². The summed E-state index contributed by atoms with van der Waals surface area (Å²) in [5, 5.41) is 91.5. The molecule has 0 aromatic heterocycles. The monoisotopic (exact) mass is 492 g/mol. The Kier molecular flexibility index (Phi) is 5.70. The summed E-state index contributed by atoms with van der Waals surface area (Å²) in [6.45, 7) is 0.291. The van der Waals surface area contributed by atoms with Crippen molar-refractivity contribution in [3.8, 4) is 23.0 Å². The number of ketones is 2. The lowest BCUT2D eigenvalue weighted by atomic mass is 9.77. The standard InChI is InChI=1S/C22H20O13/c1-4-8-5(2-6(24)9(4)22(33)34)13(25)10-11(15(8)27)16(28)12(18(30)17(10)29)21-20(32)19(31)14(26)7(3-23)35-21/h2,7,14,19-21,23-24,26,28-32H,3H2,1H3,(H,33,34)/t7-,14+,19+,20+,21+/m0/s1. The average Bonchev–Trinajstić information content (AvgIpc) is 2.79. The average molecular weight is 492 g/mol. The molecule has 1 aliphatic carbocycles. The number of phenolic OH excluding ortho intramolecular Hbond substituents is 3. The van der Waals surface area contributed by atoms with Crippen LogP contribution in [0.1, 0.15) is 59.4 Å². The van der Waals surface area contributed by atoms with Gasteiger partial charge in [-0.15, -0.1) is 0 Å². The third-order valence-corrected chi connectivity index (χ3v) is 6.33. The lowest BCUT2D eigenvalue weighted by Crippen LogP contribution is -2.55. The molecule has 0 unspecified atom stereocenters. The van der Waals surface area contributed by atoms with Gasteiger partial charge in [-0.2, -0.15) is 0 Å². The number of rotatable bonds is 3. The molecule has 0 radical (unpaired) electrons. The molecule has 1 aliphatic heterocycles. The molecule has 5 atom stereocenters. The van der Waals surface area contributed by atoms with Gasteiger partial charge in [0.05, 0.1) is 23.3 Å². The van der Waals surface area contributed by atoms with Crippen LogP contribution >= 0.6 is 0 Å². The molecule has 13 heteroatoms. The maximum Gasteiger partial charge on any atom is 0.339 e. The Morgan fingerprint density at radius 3 is 2.06 bits per heavy atom. The molecule has 2 aromatic carbocycles. The normalized spacial score (nSPS) is 25.8. The number of hydrogen-bond acceptors (Lipinski definition) is 12. The fourth-order valence-electron chi connectivity index (χ4n) is 4.58. The van der Waals surface area contributed by atoms with E-state index < -0.39 is 111 Å². The quantitative estimate of drug-likeness (QED) is 0.154. The number of fused-ring (bicyclic) bond motifs is 2. The molecular formula is C22H20O13. The molecule has 2 aliphatic rings. The Hall–Kier alpha value is -3.75. The number of carbonyl (C=O) groups excluding carboxylic acids is 2. The van der Waals surface area contributed by atoms with Gasteiger partial charge in [0.25, 0.3) is 0 Å². The summed E-state index contributed by atoms with van der Waals surface area (Å²) in [5.74, 6) is -8.24. The van der Waals surface area contributed by atoms with E-state index in [2.05, 4.69) is 0 Å². The topological polar surface area (TPSA) is 243 Å². The zero-order valence-corrected chi connectivity index (χ0v) is 17.8. The predicted octanol–water partition coefficient (Wildman–Crippen LogP) is -1.19. The highest BCUT2D eigenvalue weighted by Crippen LogP contribution is 2.52. The summed E-state index contributed by atoms with van der Waals surface area (Å²) in [5.41, 5.74) is -4.49. The van der Waals surface area contributed by atoms with E-state index >= 15 is 0 Å². The molecule has 1 fully saturated rings. The van der Waals surface area contributed by atoms with Gasteiger partial charge in [-0.1, -0.05) is 0 Å². The van der Waals surface area contributed by atoms with Crippen LogP contribution in [0.2, 0.25) is 0 Å². The first-order valence-electron chi connectivity index (χ1n) is 10.2. The van der Waals surface area contributed by atoms with Gasteiger partial charge >= 0.3 is 5.97 Å². The van der Waals surface area contributed by atoms with Gasteiger partial charge in [0, 0.05) is 11.1 Å². The number of benzene rings is 2. The van der Waals surface area contributed by atoms with Crippen molar-refractivity contribution in [3.63, 3.8) is 0 Å². The number of aliphatic hydroxyl groups excluding tert-OH is 4. The summed E-state index contributed by atoms with van der Waals surface area (Å²) < 4.78 is 5.30.